The monoisotopic (exact) mass is 196 g/mol. The molecule has 1 amide bonds. The number of amides is 1. The Morgan fingerprint density at radius 3 is 3.07 bits per heavy atom. The predicted molar refractivity (Wildman–Crippen MR) is 53.6 cm³/mol. The summed E-state index contributed by atoms with van der Waals surface area (Å²) in [7, 11) is 1.79. The maximum atomic E-state index is 11.3. The van der Waals surface area contributed by atoms with Gasteiger partial charge in [0.15, 0.2) is 0 Å². The summed E-state index contributed by atoms with van der Waals surface area (Å²) in [5, 5.41) is 3.04. The lowest BCUT2D eigenvalue weighted by atomic mass is 10.4. The molecule has 5 nitrogen and oxygen atoms in total. The Morgan fingerprint density at radius 2 is 2.50 bits per heavy atom. The summed E-state index contributed by atoms with van der Waals surface area (Å²) in [5.41, 5.74) is 0.983. The molecule has 0 aliphatic carbocycles. The molecule has 0 aromatic carbocycles. The first-order chi connectivity index (χ1) is 6.74. The molecule has 0 saturated heterocycles. The Hall–Kier alpha value is -1.36. The third-order valence-corrected chi connectivity index (χ3v) is 2.05. The third-order valence-electron chi connectivity index (χ3n) is 2.05. The number of nitrogens with one attached hydrogen (secondary N) is 2. The lowest BCUT2D eigenvalue weighted by Crippen LogP contribution is -2.35. The number of hydrogen-bond donors (Lipinski definition) is 2. The summed E-state index contributed by atoms with van der Waals surface area (Å²) >= 11 is 0. The highest BCUT2D eigenvalue weighted by atomic mass is 16.2. The Bertz CT molecular complexity index is 270. The van der Waals surface area contributed by atoms with Gasteiger partial charge in [0, 0.05) is 32.0 Å². The van der Waals surface area contributed by atoms with Crippen LogP contribution in [0.15, 0.2) is 12.5 Å². The Balaban J connectivity index is 2.18. The van der Waals surface area contributed by atoms with Crippen LogP contribution in [0.5, 0.6) is 0 Å². The molecule has 1 aromatic rings. The molecule has 2 N–H and O–H groups in total. The van der Waals surface area contributed by atoms with Gasteiger partial charge in [-0.25, -0.2) is 4.98 Å². The van der Waals surface area contributed by atoms with Crippen molar-refractivity contribution in [2.24, 2.45) is 0 Å². The SMILES string of the molecule is CCN(C)C(=O)CNCc1cnc[nH]1. The Morgan fingerprint density at radius 1 is 1.71 bits per heavy atom. The van der Waals surface area contributed by atoms with E-state index in [-0.39, 0.29) is 5.91 Å². The molecule has 0 fully saturated rings. The van der Waals surface area contributed by atoms with Gasteiger partial charge in [0.2, 0.25) is 5.91 Å². The number of carbonyl (C=O) groups excluding carboxylic acids is 1. The zero-order valence-corrected chi connectivity index (χ0v) is 8.58. The number of rotatable bonds is 5. The quantitative estimate of drug-likeness (QED) is 0.695. The van der Waals surface area contributed by atoms with E-state index in [9.17, 15) is 4.79 Å². The van der Waals surface area contributed by atoms with Crippen molar-refractivity contribution in [3.8, 4) is 0 Å². The van der Waals surface area contributed by atoms with E-state index < -0.39 is 0 Å². The van der Waals surface area contributed by atoms with Crippen molar-refractivity contribution < 1.29 is 4.79 Å². The lowest BCUT2D eigenvalue weighted by Gasteiger charge is -2.14. The molecule has 0 bridgehead atoms. The first-order valence-corrected chi connectivity index (χ1v) is 4.66. The van der Waals surface area contributed by atoms with Crippen LogP contribution in [-0.2, 0) is 11.3 Å². The standard InChI is InChI=1S/C9H16N4O/c1-3-13(2)9(14)6-10-4-8-5-11-7-12-8/h5,7,10H,3-4,6H2,1-2H3,(H,11,12). The Labute approximate surface area is 83.5 Å². The summed E-state index contributed by atoms with van der Waals surface area (Å²) in [6, 6.07) is 0. The lowest BCUT2D eigenvalue weighted by molar-refractivity contribution is -0.128. The third kappa shape index (κ3) is 3.18. The van der Waals surface area contributed by atoms with E-state index in [1.165, 1.54) is 0 Å². The average Bonchev–Trinajstić information content (AvgIpc) is 2.69. The van der Waals surface area contributed by atoms with Gasteiger partial charge in [-0.3, -0.25) is 4.79 Å². The van der Waals surface area contributed by atoms with Crippen molar-refractivity contribution in [2.45, 2.75) is 13.5 Å². The zero-order valence-electron chi connectivity index (χ0n) is 8.58. The van der Waals surface area contributed by atoms with Crippen LogP contribution in [0.4, 0.5) is 0 Å². The number of aromatic amines is 1. The van der Waals surface area contributed by atoms with Crippen LogP contribution in [0.25, 0.3) is 0 Å². The van der Waals surface area contributed by atoms with Crippen LogP contribution in [0.1, 0.15) is 12.6 Å². The van der Waals surface area contributed by atoms with Gasteiger partial charge in [-0.1, -0.05) is 0 Å². The molecule has 0 saturated carbocycles. The van der Waals surface area contributed by atoms with Gasteiger partial charge in [-0.05, 0) is 6.92 Å². The number of likely N-dealkylation sites (N-methyl/N-ethyl adjacent to an activating group) is 1. The summed E-state index contributed by atoms with van der Waals surface area (Å²) in [4.78, 5) is 19.9. The molecular formula is C9H16N4O. The summed E-state index contributed by atoms with van der Waals surface area (Å²) in [6.07, 6.45) is 3.36. The fourth-order valence-electron chi connectivity index (χ4n) is 0.997. The number of hydrogen-bond acceptors (Lipinski definition) is 3. The zero-order chi connectivity index (χ0) is 10.4. The molecule has 0 radical (unpaired) electrons. The fourth-order valence-corrected chi connectivity index (χ4v) is 0.997. The number of imidazole rings is 1. The van der Waals surface area contributed by atoms with E-state index in [0.717, 1.165) is 12.2 Å². The van der Waals surface area contributed by atoms with Gasteiger partial charge in [0.1, 0.15) is 0 Å². The second kappa shape index (κ2) is 5.39. The van der Waals surface area contributed by atoms with Crippen LogP contribution in [0, 0.1) is 0 Å². The maximum Gasteiger partial charge on any atom is 0.236 e. The molecule has 0 spiro atoms. The normalized spacial score (nSPS) is 10.1. The van der Waals surface area contributed by atoms with Gasteiger partial charge in [0.25, 0.3) is 0 Å². The molecular weight excluding hydrogens is 180 g/mol. The van der Waals surface area contributed by atoms with Crippen LogP contribution in [-0.4, -0.2) is 40.9 Å². The minimum atomic E-state index is 0.104. The van der Waals surface area contributed by atoms with Gasteiger partial charge in [0.05, 0.1) is 12.9 Å². The van der Waals surface area contributed by atoms with Gasteiger partial charge in [-0.15, -0.1) is 0 Å². The van der Waals surface area contributed by atoms with Crippen LogP contribution in [0.3, 0.4) is 0 Å². The number of H-pyrrole nitrogens is 1. The van der Waals surface area contributed by atoms with Crippen molar-refractivity contribution in [1.29, 1.82) is 0 Å². The highest BCUT2D eigenvalue weighted by Crippen LogP contribution is 1.89. The highest BCUT2D eigenvalue weighted by Gasteiger charge is 2.04. The van der Waals surface area contributed by atoms with Gasteiger partial charge in [-0.2, -0.15) is 0 Å². The fraction of sp³-hybridized carbons (Fsp3) is 0.556. The first kappa shape index (κ1) is 10.7. The first-order valence-electron chi connectivity index (χ1n) is 4.66. The molecule has 78 valence electrons. The van der Waals surface area contributed by atoms with E-state index >= 15 is 0 Å². The van der Waals surface area contributed by atoms with E-state index in [2.05, 4.69) is 15.3 Å². The van der Waals surface area contributed by atoms with Gasteiger partial charge < -0.3 is 15.2 Å². The largest absolute Gasteiger partial charge is 0.347 e. The molecule has 0 atom stereocenters. The van der Waals surface area contributed by atoms with Crippen LogP contribution >= 0.6 is 0 Å². The summed E-state index contributed by atoms with van der Waals surface area (Å²) in [5.74, 6) is 0.104. The predicted octanol–water partition coefficient (Wildman–Crippen LogP) is -0.0224. The van der Waals surface area contributed by atoms with Crippen LogP contribution < -0.4 is 5.32 Å². The summed E-state index contributed by atoms with van der Waals surface area (Å²) < 4.78 is 0. The molecule has 1 heterocycles. The van der Waals surface area contributed by atoms with Crippen molar-refractivity contribution in [2.75, 3.05) is 20.1 Å². The molecule has 1 aromatic heterocycles. The topological polar surface area (TPSA) is 61.0 Å². The van der Waals surface area contributed by atoms with Crippen molar-refractivity contribution in [3.05, 3.63) is 18.2 Å². The van der Waals surface area contributed by atoms with Crippen molar-refractivity contribution >= 4 is 5.91 Å². The van der Waals surface area contributed by atoms with Crippen molar-refractivity contribution in [3.63, 3.8) is 0 Å². The van der Waals surface area contributed by atoms with Crippen LogP contribution in [0.2, 0.25) is 0 Å². The van der Waals surface area contributed by atoms with E-state index in [1.807, 2.05) is 6.92 Å². The minimum Gasteiger partial charge on any atom is -0.347 e. The van der Waals surface area contributed by atoms with E-state index in [4.69, 9.17) is 0 Å². The molecule has 0 aliphatic heterocycles. The molecule has 14 heavy (non-hydrogen) atoms. The number of carbonyl (C=O) groups is 1. The molecule has 0 aliphatic rings. The maximum absolute atomic E-state index is 11.3. The average molecular weight is 196 g/mol. The molecule has 5 heteroatoms. The highest BCUT2D eigenvalue weighted by molar-refractivity contribution is 5.77. The summed E-state index contributed by atoms with van der Waals surface area (Å²) in [6.45, 7) is 3.70. The van der Waals surface area contributed by atoms with Gasteiger partial charge >= 0.3 is 0 Å². The second-order valence-corrected chi connectivity index (χ2v) is 3.09. The number of nitrogens with zero attached hydrogens (tertiary/aromatic N) is 2. The second-order valence-electron chi connectivity index (χ2n) is 3.09. The minimum absolute atomic E-state index is 0.104. The van der Waals surface area contributed by atoms with E-state index in [0.29, 0.717) is 13.1 Å². The van der Waals surface area contributed by atoms with Crippen molar-refractivity contribution in [1.82, 2.24) is 20.2 Å². The Kier molecular flexibility index (Phi) is 4.12. The smallest absolute Gasteiger partial charge is 0.236 e. The molecule has 1 rings (SSSR count). The molecule has 0 unspecified atom stereocenters. The van der Waals surface area contributed by atoms with E-state index in [1.54, 1.807) is 24.5 Å². The number of aromatic nitrogens is 2.